The molecule has 12 heteroatoms. The Balaban J connectivity index is 1.59. The zero-order valence-electron chi connectivity index (χ0n) is 18.2. The summed E-state index contributed by atoms with van der Waals surface area (Å²) >= 11 is 18.8. The largest absolute Gasteiger partial charge is 0.497 e. The quantitative estimate of drug-likeness (QED) is 0.414. The van der Waals surface area contributed by atoms with Gasteiger partial charge in [-0.15, -0.1) is 11.3 Å². The van der Waals surface area contributed by atoms with Gasteiger partial charge < -0.3 is 10.1 Å². The molecule has 180 valence electrons. The lowest BCUT2D eigenvalue weighted by atomic mass is 10.1. The van der Waals surface area contributed by atoms with Crippen LogP contribution in [0.4, 0.5) is 11.4 Å². The Bertz CT molecular complexity index is 1260. The lowest BCUT2D eigenvalue weighted by molar-refractivity contribution is -0.124. The van der Waals surface area contributed by atoms with E-state index in [1.807, 2.05) is 0 Å². The van der Waals surface area contributed by atoms with Gasteiger partial charge in [0.15, 0.2) is 0 Å². The van der Waals surface area contributed by atoms with Crippen LogP contribution in [0.1, 0.15) is 16.1 Å². The van der Waals surface area contributed by atoms with Crippen LogP contribution in [0, 0.1) is 0 Å². The first-order chi connectivity index (χ1) is 16.8. The SMILES string of the molecule is COc1ccc(N2C(=O)C(CC(=O)Nc3cc(Cl)cc(Cl)c3)N(NC(=O)c3cccs3)C2=S)cc1. The number of thiophene rings is 1. The predicted octanol–water partition coefficient (Wildman–Crippen LogP) is 4.74. The topological polar surface area (TPSA) is 91.0 Å². The number of halogens is 2. The van der Waals surface area contributed by atoms with Crippen molar-refractivity contribution in [1.82, 2.24) is 10.4 Å². The molecule has 0 saturated carbocycles. The van der Waals surface area contributed by atoms with Crippen molar-refractivity contribution < 1.29 is 19.1 Å². The Morgan fingerprint density at radius 1 is 1.11 bits per heavy atom. The van der Waals surface area contributed by atoms with Gasteiger partial charge in [-0.1, -0.05) is 29.3 Å². The van der Waals surface area contributed by atoms with E-state index in [0.717, 1.165) is 0 Å². The molecule has 0 spiro atoms. The number of hydrazine groups is 1. The van der Waals surface area contributed by atoms with Crippen LogP contribution < -0.4 is 20.4 Å². The number of hydrogen-bond donors (Lipinski definition) is 2. The van der Waals surface area contributed by atoms with Crippen LogP contribution in [0.25, 0.3) is 0 Å². The van der Waals surface area contributed by atoms with E-state index in [0.29, 0.717) is 32.0 Å². The van der Waals surface area contributed by atoms with Gasteiger partial charge in [0.05, 0.1) is 24.1 Å². The van der Waals surface area contributed by atoms with Crippen molar-refractivity contribution in [1.29, 1.82) is 0 Å². The lowest BCUT2D eigenvalue weighted by Crippen LogP contribution is -2.49. The Morgan fingerprint density at radius 2 is 1.80 bits per heavy atom. The summed E-state index contributed by atoms with van der Waals surface area (Å²) in [6.07, 6.45) is -0.291. The van der Waals surface area contributed by atoms with Crippen molar-refractivity contribution in [3.63, 3.8) is 0 Å². The maximum Gasteiger partial charge on any atom is 0.279 e. The average molecular weight is 549 g/mol. The molecule has 1 aromatic heterocycles. The molecule has 1 saturated heterocycles. The highest BCUT2D eigenvalue weighted by Gasteiger charge is 2.45. The Kier molecular flexibility index (Phi) is 7.56. The second kappa shape index (κ2) is 10.6. The number of rotatable bonds is 7. The lowest BCUT2D eigenvalue weighted by Gasteiger charge is -2.24. The van der Waals surface area contributed by atoms with E-state index in [1.165, 1.54) is 46.6 Å². The zero-order valence-corrected chi connectivity index (χ0v) is 21.3. The average Bonchev–Trinajstić information content (AvgIpc) is 3.42. The highest BCUT2D eigenvalue weighted by atomic mass is 35.5. The normalized spacial score (nSPS) is 15.3. The molecule has 3 aromatic rings. The first-order valence-corrected chi connectivity index (χ1v) is 12.2. The molecule has 1 unspecified atom stereocenters. The molecule has 1 aliphatic heterocycles. The minimum atomic E-state index is -1.08. The molecule has 3 amide bonds. The molecule has 1 fully saturated rings. The van der Waals surface area contributed by atoms with E-state index in [1.54, 1.807) is 41.8 Å². The molecule has 0 radical (unpaired) electrons. The van der Waals surface area contributed by atoms with Gasteiger partial charge in [0.2, 0.25) is 11.0 Å². The summed E-state index contributed by atoms with van der Waals surface area (Å²) < 4.78 is 5.17. The van der Waals surface area contributed by atoms with Gasteiger partial charge in [-0.25, -0.2) is 5.01 Å². The molecule has 2 aromatic carbocycles. The van der Waals surface area contributed by atoms with Gasteiger partial charge >= 0.3 is 0 Å². The van der Waals surface area contributed by atoms with E-state index in [9.17, 15) is 14.4 Å². The number of nitrogens with zero attached hydrogens (tertiary/aromatic N) is 2. The molecule has 1 aliphatic rings. The molecular formula is C23H18Cl2N4O4S2. The van der Waals surface area contributed by atoms with E-state index < -0.39 is 23.8 Å². The van der Waals surface area contributed by atoms with Crippen LogP contribution in [-0.4, -0.2) is 41.0 Å². The minimum Gasteiger partial charge on any atom is -0.497 e. The van der Waals surface area contributed by atoms with E-state index in [-0.39, 0.29) is 11.5 Å². The summed E-state index contributed by atoms with van der Waals surface area (Å²) in [5, 5.41) is 6.42. The van der Waals surface area contributed by atoms with Gasteiger partial charge in [0.25, 0.3) is 11.8 Å². The molecular weight excluding hydrogens is 531 g/mol. The summed E-state index contributed by atoms with van der Waals surface area (Å²) in [4.78, 5) is 40.8. The zero-order chi connectivity index (χ0) is 25.1. The highest BCUT2D eigenvalue weighted by molar-refractivity contribution is 7.80. The number of nitrogens with one attached hydrogen (secondary N) is 2. The number of hydrogen-bond acceptors (Lipinski definition) is 6. The summed E-state index contributed by atoms with van der Waals surface area (Å²) in [7, 11) is 1.53. The monoisotopic (exact) mass is 548 g/mol. The van der Waals surface area contributed by atoms with Gasteiger partial charge in [-0.2, -0.15) is 0 Å². The van der Waals surface area contributed by atoms with Crippen molar-refractivity contribution in [3.8, 4) is 5.75 Å². The fourth-order valence-corrected chi connectivity index (χ4v) is 4.96. The van der Waals surface area contributed by atoms with Crippen LogP contribution >= 0.6 is 46.8 Å². The van der Waals surface area contributed by atoms with E-state index in [2.05, 4.69) is 10.7 Å². The fourth-order valence-electron chi connectivity index (χ4n) is 3.45. The van der Waals surface area contributed by atoms with Crippen LogP contribution in [0.15, 0.2) is 60.0 Å². The standard InChI is InChI=1S/C23H18Cl2N4O4S2/c1-33-17-6-4-16(5-7-17)28-22(32)18(12-20(30)26-15-10-13(24)9-14(25)11-15)29(23(28)34)27-21(31)19-3-2-8-35-19/h2-11,18H,12H2,1H3,(H,26,30)(H,27,31). The van der Waals surface area contributed by atoms with Gasteiger partial charge in [-0.3, -0.25) is 24.7 Å². The molecule has 1 atom stereocenters. The number of thiocarbonyl (C=S) groups is 1. The van der Waals surface area contributed by atoms with Crippen molar-refractivity contribution >= 4 is 81.0 Å². The molecule has 35 heavy (non-hydrogen) atoms. The molecule has 0 aliphatic carbocycles. The first kappa shape index (κ1) is 24.9. The number of methoxy groups -OCH3 is 1. The predicted molar refractivity (Wildman–Crippen MR) is 140 cm³/mol. The molecule has 2 heterocycles. The first-order valence-electron chi connectivity index (χ1n) is 10.2. The van der Waals surface area contributed by atoms with Gasteiger partial charge in [0, 0.05) is 15.7 Å². The summed E-state index contributed by atoms with van der Waals surface area (Å²) in [6.45, 7) is 0. The van der Waals surface area contributed by atoms with Crippen LogP contribution in [0.5, 0.6) is 5.75 Å². The van der Waals surface area contributed by atoms with Gasteiger partial charge in [-0.05, 0) is 66.1 Å². The van der Waals surface area contributed by atoms with E-state index in [4.69, 9.17) is 40.2 Å². The minimum absolute atomic E-state index is 0.0358. The third kappa shape index (κ3) is 5.57. The van der Waals surface area contributed by atoms with Crippen LogP contribution in [0.2, 0.25) is 10.0 Å². The van der Waals surface area contributed by atoms with Gasteiger partial charge in [0.1, 0.15) is 11.8 Å². The fraction of sp³-hybridized carbons (Fsp3) is 0.130. The number of anilines is 2. The van der Waals surface area contributed by atoms with Crippen molar-refractivity contribution in [3.05, 3.63) is 74.9 Å². The van der Waals surface area contributed by atoms with Crippen LogP contribution in [0.3, 0.4) is 0 Å². The second-order valence-corrected chi connectivity index (χ2v) is 9.55. The van der Waals surface area contributed by atoms with Crippen molar-refractivity contribution in [2.75, 3.05) is 17.3 Å². The van der Waals surface area contributed by atoms with E-state index >= 15 is 0 Å². The molecule has 0 bridgehead atoms. The maximum absolute atomic E-state index is 13.4. The second-order valence-electron chi connectivity index (χ2n) is 7.37. The number of carbonyl (C=O) groups excluding carboxylic acids is 3. The summed E-state index contributed by atoms with van der Waals surface area (Å²) in [6, 6.07) is 13.6. The van der Waals surface area contributed by atoms with Crippen molar-refractivity contribution in [2.45, 2.75) is 12.5 Å². The number of ether oxygens (including phenoxy) is 1. The smallest absolute Gasteiger partial charge is 0.279 e. The summed E-state index contributed by atoms with van der Waals surface area (Å²) in [5.74, 6) is -0.800. The third-order valence-electron chi connectivity index (χ3n) is 5.04. The summed E-state index contributed by atoms with van der Waals surface area (Å²) in [5.41, 5.74) is 3.52. The van der Waals surface area contributed by atoms with Crippen LogP contribution in [-0.2, 0) is 9.59 Å². The molecule has 8 nitrogen and oxygen atoms in total. The molecule has 4 rings (SSSR count). The number of benzene rings is 2. The Hall–Kier alpha value is -3.18. The number of amides is 3. The van der Waals surface area contributed by atoms with Crippen molar-refractivity contribution in [2.24, 2.45) is 0 Å². The highest BCUT2D eigenvalue weighted by Crippen LogP contribution is 2.29. The Labute approximate surface area is 220 Å². The Morgan fingerprint density at radius 3 is 2.40 bits per heavy atom. The maximum atomic E-state index is 13.4. The molecule has 2 N–H and O–H groups in total. The number of carbonyl (C=O) groups is 3. The third-order valence-corrected chi connectivity index (χ3v) is 6.72.